The van der Waals surface area contributed by atoms with Crippen LogP contribution in [0.1, 0.15) is 5.56 Å². The van der Waals surface area contributed by atoms with E-state index in [1.54, 1.807) is 42.5 Å². The third kappa shape index (κ3) is 3.71. The van der Waals surface area contributed by atoms with Crippen LogP contribution in [0.25, 0.3) is 6.08 Å². The van der Waals surface area contributed by atoms with Crippen molar-refractivity contribution in [1.29, 1.82) is 0 Å². The summed E-state index contributed by atoms with van der Waals surface area (Å²) in [5.41, 5.74) is 1.61. The molecule has 1 fully saturated rings. The number of aliphatic imine (C=N–C) groups is 1. The summed E-state index contributed by atoms with van der Waals surface area (Å²) in [6.45, 7) is 0. The lowest BCUT2D eigenvalue weighted by atomic mass is 10.2. The van der Waals surface area contributed by atoms with E-state index in [1.807, 2.05) is 12.1 Å². The molecule has 22 heavy (non-hydrogen) atoms. The fraction of sp³-hybridized carbons (Fsp3) is 0. The number of halogens is 2. The van der Waals surface area contributed by atoms with Crippen molar-refractivity contribution in [3.8, 4) is 0 Å². The number of benzene rings is 2. The molecule has 3 rings (SSSR count). The van der Waals surface area contributed by atoms with Crippen molar-refractivity contribution in [3.63, 3.8) is 0 Å². The summed E-state index contributed by atoms with van der Waals surface area (Å²) < 4.78 is 0. The van der Waals surface area contributed by atoms with E-state index in [9.17, 15) is 4.79 Å². The van der Waals surface area contributed by atoms with Gasteiger partial charge in [0.2, 0.25) is 0 Å². The molecule has 1 N–H and O–H groups in total. The highest BCUT2D eigenvalue weighted by atomic mass is 35.5. The first-order chi connectivity index (χ1) is 10.6. The predicted molar refractivity (Wildman–Crippen MR) is 93.7 cm³/mol. The molecule has 0 unspecified atom stereocenters. The number of carbonyl (C=O) groups excluding carboxylic acids is 1. The van der Waals surface area contributed by atoms with Gasteiger partial charge in [0.05, 0.1) is 10.6 Å². The van der Waals surface area contributed by atoms with Gasteiger partial charge in [-0.25, -0.2) is 4.99 Å². The molecule has 1 aliphatic heterocycles. The third-order valence-electron chi connectivity index (χ3n) is 2.85. The van der Waals surface area contributed by atoms with E-state index in [2.05, 4.69) is 10.3 Å². The maximum Gasteiger partial charge on any atom is 0.264 e. The molecule has 0 atom stereocenters. The molecular weight excluding hydrogens is 339 g/mol. The number of amides is 1. The minimum Gasteiger partial charge on any atom is -0.300 e. The molecule has 110 valence electrons. The quantitative estimate of drug-likeness (QED) is 0.785. The number of hydrogen-bond acceptors (Lipinski definition) is 3. The molecule has 1 aliphatic rings. The first kappa shape index (κ1) is 15.2. The van der Waals surface area contributed by atoms with Gasteiger partial charge in [-0.05, 0) is 59.8 Å². The first-order valence-corrected chi connectivity index (χ1v) is 7.98. The number of amidine groups is 1. The van der Waals surface area contributed by atoms with Crippen LogP contribution < -0.4 is 5.32 Å². The number of nitrogens with zero attached hydrogens (tertiary/aromatic N) is 1. The van der Waals surface area contributed by atoms with Crippen molar-refractivity contribution in [2.75, 3.05) is 0 Å². The van der Waals surface area contributed by atoms with Crippen LogP contribution in [0.5, 0.6) is 0 Å². The van der Waals surface area contributed by atoms with Gasteiger partial charge in [0.15, 0.2) is 5.17 Å². The summed E-state index contributed by atoms with van der Waals surface area (Å²) >= 11 is 13.1. The lowest BCUT2D eigenvalue weighted by molar-refractivity contribution is -0.115. The largest absolute Gasteiger partial charge is 0.300 e. The summed E-state index contributed by atoms with van der Waals surface area (Å²) in [4.78, 5) is 16.9. The van der Waals surface area contributed by atoms with Gasteiger partial charge in [-0.1, -0.05) is 35.3 Å². The summed E-state index contributed by atoms with van der Waals surface area (Å²) in [6, 6.07) is 14.4. The molecule has 0 spiro atoms. The van der Waals surface area contributed by atoms with E-state index in [1.165, 1.54) is 11.8 Å². The topological polar surface area (TPSA) is 41.5 Å². The highest BCUT2D eigenvalue weighted by molar-refractivity contribution is 8.18. The Labute approximate surface area is 142 Å². The average molecular weight is 349 g/mol. The Morgan fingerprint density at radius 2 is 1.82 bits per heavy atom. The normalized spacial score (nSPS) is 18.0. The zero-order chi connectivity index (χ0) is 15.5. The van der Waals surface area contributed by atoms with Crippen molar-refractivity contribution in [1.82, 2.24) is 5.32 Å². The Balaban J connectivity index is 1.82. The summed E-state index contributed by atoms with van der Waals surface area (Å²) in [5.74, 6) is -0.169. The second-order valence-corrected chi connectivity index (χ2v) is 6.42. The van der Waals surface area contributed by atoms with Crippen molar-refractivity contribution in [2.24, 2.45) is 4.99 Å². The van der Waals surface area contributed by atoms with Crippen LogP contribution in [0, 0.1) is 0 Å². The van der Waals surface area contributed by atoms with Gasteiger partial charge < -0.3 is 5.32 Å². The Morgan fingerprint density at radius 1 is 1.05 bits per heavy atom. The molecule has 0 bridgehead atoms. The number of hydrogen-bond donors (Lipinski definition) is 1. The highest BCUT2D eigenvalue weighted by Crippen LogP contribution is 2.28. The van der Waals surface area contributed by atoms with Gasteiger partial charge >= 0.3 is 0 Å². The van der Waals surface area contributed by atoms with Crippen LogP contribution >= 0.6 is 35.0 Å². The monoisotopic (exact) mass is 348 g/mol. The summed E-state index contributed by atoms with van der Waals surface area (Å²) in [5, 5.41) is 4.56. The molecule has 0 radical (unpaired) electrons. The van der Waals surface area contributed by atoms with E-state index in [-0.39, 0.29) is 5.91 Å². The molecule has 3 nitrogen and oxygen atoms in total. The van der Waals surface area contributed by atoms with Crippen molar-refractivity contribution >= 4 is 57.8 Å². The van der Waals surface area contributed by atoms with Gasteiger partial charge in [-0.3, -0.25) is 4.79 Å². The number of carbonyl (C=O) groups is 1. The standard InChI is InChI=1S/C16H10Cl2N2OS/c17-11-4-6-13(7-5-11)19-16-20-15(21)14(22-16)9-10-2-1-3-12(18)8-10/h1-9H,(H,19,20,21)/b14-9-. The van der Waals surface area contributed by atoms with Gasteiger partial charge in [-0.15, -0.1) is 0 Å². The second kappa shape index (κ2) is 6.57. The predicted octanol–water partition coefficient (Wildman–Crippen LogP) is 4.89. The zero-order valence-corrected chi connectivity index (χ0v) is 13.5. The van der Waals surface area contributed by atoms with Crippen LogP contribution in [-0.2, 0) is 4.79 Å². The number of rotatable bonds is 2. The van der Waals surface area contributed by atoms with Crippen LogP contribution in [0.2, 0.25) is 10.0 Å². The number of thioether (sulfide) groups is 1. The fourth-order valence-electron chi connectivity index (χ4n) is 1.86. The van der Waals surface area contributed by atoms with Crippen LogP contribution in [0.15, 0.2) is 58.4 Å². The van der Waals surface area contributed by atoms with E-state index < -0.39 is 0 Å². The molecule has 1 heterocycles. The van der Waals surface area contributed by atoms with Gasteiger partial charge in [-0.2, -0.15) is 0 Å². The molecular formula is C16H10Cl2N2OS. The Hall–Kier alpha value is -1.75. The maximum atomic E-state index is 12.0. The summed E-state index contributed by atoms with van der Waals surface area (Å²) in [7, 11) is 0. The molecule has 0 aliphatic carbocycles. The van der Waals surface area contributed by atoms with Gasteiger partial charge in [0.25, 0.3) is 5.91 Å². The molecule has 0 aromatic heterocycles. The molecule has 1 amide bonds. The number of nitrogens with one attached hydrogen (secondary N) is 1. The average Bonchev–Trinajstić information content (AvgIpc) is 2.81. The highest BCUT2D eigenvalue weighted by Gasteiger charge is 2.23. The van der Waals surface area contributed by atoms with E-state index >= 15 is 0 Å². The van der Waals surface area contributed by atoms with E-state index in [4.69, 9.17) is 23.2 Å². The smallest absolute Gasteiger partial charge is 0.264 e. The van der Waals surface area contributed by atoms with Crippen LogP contribution in [-0.4, -0.2) is 11.1 Å². The first-order valence-electron chi connectivity index (χ1n) is 6.41. The molecule has 0 saturated carbocycles. The Kier molecular flexibility index (Phi) is 4.52. The fourth-order valence-corrected chi connectivity index (χ4v) is 3.03. The van der Waals surface area contributed by atoms with E-state index in [0.29, 0.717) is 20.1 Å². The SMILES string of the molecule is O=C1NC(=Nc2ccc(Cl)cc2)S/C1=C\c1cccc(Cl)c1. The molecule has 2 aromatic carbocycles. The minimum atomic E-state index is -0.169. The maximum absolute atomic E-state index is 12.0. The molecule has 6 heteroatoms. The lowest BCUT2D eigenvalue weighted by Gasteiger charge is -1.96. The van der Waals surface area contributed by atoms with Crippen LogP contribution in [0.3, 0.4) is 0 Å². The second-order valence-electron chi connectivity index (χ2n) is 4.51. The summed E-state index contributed by atoms with van der Waals surface area (Å²) in [6.07, 6.45) is 1.79. The Bertz CT molecular complexity index is 785. The molecule has 1 saturated heterocycles. The van der Waals surface area contributed by atoms with Gasteiger partial charge in [0.1, 0.15) is 0 Å². The zero-order valence-electron chi connectivity index (χ0n) is 11.2. The van der Waals surface area contributed by atoms with Gasteiger partial charge in [0, 0.05) is 10.0 Å². The minimum absolute atomic E-state index is 0.169. The lowest BCUT2D eigenvalue weighted by Crippen LogP contribution is -2.19. The van der Waals surface area contributed by atoms with E-state index in [0.717, 1.165) is 11.3 Å². The van der Waals surface area contributed by atoms with Crippen molar-refractivity contribution in [3.05, 3.63) is 69.0 Å². The van der Waals surface area contributed by atoms with Crippen LogP contribution in [0.4, 0.5) is 5.69 Å². The van der Waals surface area contributed by atoms with Crippen molar-refractivity contribution < 1.29 is 4.79 Å². The van der Waals surface area contributed by atoms with Crippen molar-refractivity contribution in [2.45, 2.75) is 0 Å². The third-order valence-corrected chi connectivity index (χ3v) is 4.25. The Morgan fingerprint density at radius 3 is 2.55 bits per heavy atom. The molecule has 2 aromatic rings.